The van der Waals surface area contributed by atoms with Gasteiger partial charge >= 0.3 is 0 Å². The molecular formula is C25H37N5O2S. The van der Waals surface area contributed by atoms with Crippen molar-refractivity contribution in [1.82, 2.24) is 10.6 Å². The Bertz CT molecular complexity index is 856. The van der Waals surface area contributed by atoms with Crippen LogP contribution in [0.2, 0.25) is 0 Å². The average molecular weight is 472 g/mol. The fourth-order valence-electron chi connectivity index (χ4n) is 4.07. The van der Waals surface area contributed by atoms with Crippen molar-refractivity contribution < 1.29 is 9.53 Å². The molecule has 7 nitrogen and oxygen atoms in total. The van der Waals surface area contributed by atoms with Crippen LogP contribution in [0, 0.1) is 5.41 Å². The number of hydrogen-bond acceptors (Lipinski definition) is 7. The molecule has 1 aromatic carbocycles. The fourth-order valence-corrected chi connectivity index (χ4v) is 4.43. The first-order chi connectivity index (χ1) is 16.1. The van der Waals surface area contributed by atoms with Crippen LogP contribution in [0.4, 0.5) is 11.4 Å². The lowest BCUT2D eigenvalue weighted by Gasteiger charge is -2.35. The monoisotopic (exact) mass is 471 g/mol. The highest BCUT2D eigenvalue weighted by atomic mass is 32.2. The van der Waals surface area contributed by atoms with Crippen LogP contribution in [-0.2, 0) is 4.74 Å². The van der Waals surface area contributed by atoms with Crippen molar-refractivity contribution in [2.75, 3.05) is 55.8 Å². The van der Waals surface area contributed by atoms with Gasteiger partial charge in [-0.3, -0.25) is 4.79 Å². The molecular weight excluding hydrogens is 434 g/mol. The number of hydrogen-bond donors (Lipinski definition) is 3. The number of amides is 1. The van der Waals surface area contributed by atoms with Crippen molar-refractivity contribution in [3.63, 3.8) is 0 Å². The number of piperidine rings is 1. The number of benzene rings is 1. The Kier molecular flexibility index (Phi) is 9.84. The maximum Gasteiger partial charge on any atom is 0.258 e. The van der Waals surface area contributed by atoms with Gasteiger partial charge in [0.05, 0.1) is 24.5 Å². The molecule has 3 N–H and O–H groups in total. The van der Waals surface area contributed by atoms with Gasteiger partial charge in [-0.1, -0.05) is 24.1 Å². The van der Waals surface area contributed by atoms with Crippen LogP contribution in [0.25, 0.3) is 0 Å². The molecule has 8 heteroatoms. The number of nitrogens with zero attached hydrogens (tertiary/aromatic N) is 2. The zero-order chi connectivity index (χ0) is 23.5. The molecule has 2 aliphatic rings. The molecule has 1 aromatic rings. The van der Waals surface area contributed by atoms with Gasteiger partial charge in [0.2, 0.25) is 0 Å². The number of rotatable bonds is 13. The molecule has 3 rings (SSSR count). The van der Waals surface area contributed by atoms with E-state index in [0.29, 0.717) is 30.0 Å². The third-order valence-electron chi connectivity index (χ3n) is 6.31. The van der Waals surface area contributed by atoms with Crippen LogP contribution in [0.5, 0.6) is 0 Å². The van der Waals surface area contributed by atoms with Crippen LogP contribution in [0.3, 0.4) is 0 Å². The van der Waals surface area contributed by atoms with E-state index < -0.39 is 0 Å². The van der Waals surface area contributed by atoms with Crippen molar-refractivity contribution >= 4 is 35.9 Å². The molecule has 0 atom stereocenters. The quantitative estimate of drug-likeness (QED) is 0.173. The summed E-state index contributed by atoms with van der Waals surface area (Å²) in [7, 11) is 1.90. The van der Waals surface area contributed by atoms with E-state index in [1.165, 1.54) is 25.7 Å². The van der Waals surface area contributed by atoms with E-state index in [9.17, 15) is 4.79 Å². The minimum absolute atomic E-state index is 0.171. The molecule has 0 unspecified atom stereocenters. The molecule has 1 saturated heterocycles. The van der Waals surface area contributed by atoms with Gasteiger partial charge < -0.3 is 25.0 Å². The highest BCUT2D eigenvalue weighted by Gasteiger charge is 2.44. The number of ether oxygens (including phenoxy) is 1. The van der Waals surface area contributed by atoms with Crippen molar-refractivity contribution in [1.29, 1.82) is 0 Å². The van der Waals surface area contributed by atoms with E-state index in [1.807, 2.05) is 37.6 Å². The van der Waals surface area contributed by atoms with Gasteiger partial charge in [-0.25, -0.2) is 4.99 Å². The van der Waals surface area contributed by atoms with Gasteiger partial charge in [-0.15, -0.1) is 0 Å². The lowest BCUT2D eigenvalue weighted by atomic mass is 9.93. The second kappa shape index (κ2) is 12.8. The molecule has 0 bridgehead atoms. The van der Waals surface area contributed by atoms with Crippen molar-refractivity contribution in [3.8, 4) is 0 Å². The van der Waals surface area contributed by atoms with E-state index >= 15 is 0 Å². The number of allylic oxidation sites excluding steroid dienone is 2. The molecule has 1 amide bonds. The molecule has 1 spiro atoms. The summed E-state index contributed by atoms with van der Waals surface area (Å²) < 4.78 is 8.78. The van der Waals surface area contributed by atoms with Crippen molar-refractivity contribution in [2.24, 2.45) is 10.4 Å². The van der Waals surface area contributed by atoms with Crippen LogP contribution in [0.1, 0.15) is 42.5 Å². The normalized spacial score (nSPS) is 17.4. The Labute approximate surface area is 202 Å². The van der Waals surface area contributed by atoms with Crippen molar-refractivity contribution in [2.45, 2.75) is 32.1 Å². The van der Waals surface area contributed by atoms with Gasteiger partial charge in [-0.2, -0.15) is 0 Å². The molecule has 1 aliphatic carbocycles. The predicted molar refractivity (Wildman–Crippen MR) is 140 cm³/mol. The summed E-state index contributed by atoms with van der Waals surface area (Å²) in [4.78, 5) is 19.5. The second-order valence-corrected chi connectivity index (χ2v) is 9.23. The maximum absolute atomic E-state index is 13.2. The second-order valence-electron chi connectivity index (χ2n) is 8.62. The fraction of sp³-hybridized carbons (Fsp3) is 0.520. The zero-order valence-electron chi connectivity index (χ0n) is 19.9. The summed E-state index contributed by atoms with van der Waals surface area (Å²) in [6.45, 7) is 7.79. The number of likely N-dealkylation sites (N-methyl/N-ethyl adjacent to an activating group) is 1. The first kappa shape index (κ1) is 25.3. The first-order valence-corrected chi connectivity index (χ1v) is 12.9. The zero-order valence-corrected chi connectivity index (χ0v) is 20.7. The summed E-state index contributed by atoms with van der Waals surface area (Å²) in [5.41, 5.74) is 3.21. The highest BCUT2D eigenvalue weighted by Crippen LogP contribution is 2.54. The molecule has 1 heterocycles. The van der Waals surface area contributed by atoms with E-state index in [-0.39, 0.29) is 5.91 Å². The van der Waals surface area contributed by atoms with Gasteiger partial charge in [0.15, 0.2) is 0 Å². The SMILES string of the molecule is C=N/C(=C\C=C/CCOCCNC)NC(=O)c1ccc(NSC)cc1N1CCC2(CC1)CC2. The number of nitrogens with one attached hydrogen (secondary N) is 3. The average Bonchev–Trinajstić information content (AvgIpc) is 3.59. The standard InChI is InChI=1S/C25H37N5O2S/c1-26-14-18-32-17-6-4-5-7-23(27-2)28-24(31)21-9-8-20(29-33-3)19-22(21)30-15-12-25(10-11-25)13-16-30/h4-5,7-9,19,26,29H,2,6,10-18H2,1,3H3,(H,28,31)/b5-4-,23-7+. The Morgan fingerprint density at radius 1 is 1.27 bits per heavy atom. The molecule has 1 saturated carbocycles. The van der Waals surface area contributed by atoms with Gasteiger partial charge in [0, 0.05) is 31.6 Å². The van der Waals surface area contributed by atoms with Gasteiger partial charge in [0.1, 0.15) is 5.82 Å². The number of carbonyl (C=O) groups is 1. The smallest absolute Gasteiger partial charge is 0.258 e. The summed E-state index contributed by atoms with van der Waals surface area (Å²) >= 11 is 1.55. The summed E-state index contributed by atoms with van der Waals surface area (Å²) in [6.07, 6.45) is 13.5. The molecule has 33 heavy (non-hydrogen) atoms. The van der Waals surface area contributed by atoms with Crippen molar-refractivity contribution in [3.05, 3.63) is 47.8 Å². The lowest BCUT2D eigenvalue weighted by Crippen LogP contribution is -2.36. The highest BCUT2D eigenvalue weighted by molar-refractivity contribution is 7.99. The van der Waals surface area contributed by atoms with Gasteiger partial charge in [0.25, 0.3) is 5.91 Å². The lowest BCUT2D eigenvalue weighted by molar-refractivity contribution is 0.0966. The summed E-state index contributed by atoms with van der Waals surface area (Å²) in [5, 5.41) is 5.96. The minimum Gasteiger partial charge on any atom is -0.380 e. The Balaban J connectivity index is 1.64. The number of carbonyl (C=O) groups excluding carboxylic acids is 1. The molecule has 2 fully saturated rings. The van der Waals surface area contributed by atoms with Crippen LogP contribution < -0.4 is 20.3 Å². The third kappa shape index (κ3) is 7.62. The van der Waals surface area contributed by atoms with E-state index in [4.69, 9.17) is 4.74 Å². The third-order valence-corrected chi connectivity index (χ3v) is 6.75. The first-order valence-electron chi connectivity index (χ1n) is 11.7. The minimum atomic E-state index is -0.171. The molecule has 1 aliphatic heterocycles. The van der Waals surface area contributed by atoms with Gasteiger partial charge in [-0.05, 0) is 75.6 Å². The maximum atomic E-state index is 13.2. The number of aliphatic imine (C=N–C) groups is 1. The Morgan fingerprint density at radius 2 is 2.06 bits per heavy atom. The topological polar surface area (TPSA) is 78.0 Å². The summed E-state index contributed by atoms with van der Waals surface area (Å²) in [5.74, 6) is 0.259. The van der Waals surface area contributed by atoms with E-state index in [0.717, 1.165) is 37.4 Å². The predicted octanol–water partition coefficient (Wildman–Crippen LogP) is 4.21. The van der Waals surface area contributed by atoms with E-state index in [1.54, 1.807) is 18.0 Å². The Hall–Kier alpha value is -2.29. The summed E-state index contributed by atoms with van der Waals surface area (Å²) in [6, 6.07) is 5.92. The molecule has 0 aromatic heterocycles. The van der Waals surface area contributed by atoms with Crippen LogP contribution >= 0.6 is 11.9 Å². The number of anilines is 2. The Morgan fingerprint density at radius 3 is 2.73 bits per heavy atom. The largest absolute Gasteiger partial charge is 0.380 e. The van der Waals surface area contributed by atoms with Crippen LogP contribution in [0.15, 0.2) is 47.2 Å². The van der Waals surface area contributed by atoms with E-state index in [2.05, 4.69) is 38.0 Å². The molecule has 180 valence electrons. The molecule has 0 radical (unpaired) electrons. The van der Waals surface area contributed by atoms with Crippen LogP contribution in [-0.4, -0.2) is 58.8 Å².